The number of nitrogens with zero attached hydrogens (tertiary/aromatic N) is 4. The van der Waals surface area contributed by atoms with E-state index in [-0.39, 0.29) is 11.5 Å². The van der Waals surface area contributed by atoms with Crippen molar-refractivity contribution in [1.82, 2.24) is 14.6 Å². The number of nitrogens with one attached hydrogen (secondary N) is 1. The number of aromatic nitrogens is 3. The molecule has 0 bridgehead atoms. The maximum Gasteiger partial charge on any atom is 0.276 e. The Hall–Kier alpha value is -3.09. The topological polar surface area (TPSA) is 75.0 Å². The molecule has 1 aromatic carbocycles. The molecule has 0 aliphatic carbocycles. The van der Waals surface area contributed by atoms with Crippen LogP contribution in [0.15, 0.2) is 28.0 Å². The summed E-state index contributed by atoms with van der Waals surface area (Å²) in [5.41, 5.74) is 3.64. The van der Waals surface area contributed by atoms with Gasteiger partial charge in [0.05, 0.1) is 18.2 Å². The van der Waals surface area contributed by atoms with Gasteiger partial charge in [0, 0.05) is 31.4 Å². The van der Waals surface area contributed by atoms with Crippen LogP contribution in [-0.2, 0) is 6.42 Å². The number of hydrogen-bond acceptors (Lipinski definition) is 5. The van der Waals surface area contributed by atoms with E-state index in [0.29, 0.717) is 34.2 Å². The van der Waals surface area contributed by atoms with Crippen LogP contribution in [0.4, 0.5) is 11.4 Å². The molecule has 3 rings (SSSR count). The Bertz CT molecular complexity index is 1200. The van der Waals surface area contributed by atoms with Crippen LogP contribution in [0.25, 0.3) is 12.2 Å². The summed E-state index contributed by atoms with van der Waals surface area (Å²) in [6, 6.07) is 5.79. The van der Waals surface area contributed by atoms with Crippen molar-refractivity contribution in [3.63, 3.8) is 0 Å². The van der Waals surface area contributed by atoms with E-state index in [9.17, 15) is 4.79 Å². The molecule has 0 unspecified atom stereocenters. The summed E-state index contributed by atoms with van der Waals surface area (Å²) >= 11 is 0. The maximum atomic E-state index is 13.1. The Morgan fingerprint density at radius 2 is 2.07 bits per heavy atom. The Balaban J connectivity index is 2.33. The molecule has 0 spiro atoms. The van der Waals surface area contributed by atoms with E-state index in [2.05, 4.69) is 32.4 Å². The van der Waals surface area contributed by atoms with Crippen molar-refractivity contribution in [3.8, 4) is 5.75 Å². The van der Waals surface area contributed by atoms with Crippen LogP contribution < -0.4 is 25.9 Å². The van der Waals surface area contributed by atoms with Crippen molar-refractivity contribution in [2.75, 3.05) is 26.1 Å². The van der Waals surface area contributed by atoms with Crippen LogP contribution in [-0.4, -0.2) is 35.8 Å². The zero-order valence-corrected chi connectivity index (χ0v) is 18.0. The van der Waals surface area contributed by atoms with Crippen molar-refractivity contribution in [2.45, 2.75) is 39.5 Å². The monoisotopic (exact) mass is 395 g/mol. The lowest BCUT2D eigenvalue weighted by Gasteiger charge is -2.14. The van der Waals surface area contributed by atoms with Crippen molar-refractivity contribution in [3.05, 3.63) is 50.5 Å². The molecule has 0 radical (unpaired) electrons. The number of anilines is 1. The molecular formula is C22H29N5O2. The minimum Gasteiger partial charge on any atom is -0.494 e. The van der Waals surface area contributed by atoms with Gasteiger partial charge in [-0.3, -0.25) is 9.89 Å². The summed E-state index contributed by atoms with van der Waals surface area (Å²) in [4.78, 5) is 24.7. The fourth-order valence-electron chi connectivity index (χ4n) is 3.40. The van der Waals surface area contributed by atoms with Gasteiger partial charge in [0.15, 0.2) is 5.65 Å². The van der Waals surface area contributed by atoms with Crippen LogP contribution >= 0.6 is 0 Å². The standard InChI is InChI=1S/C22H29N5O2/c1-8-9-16-19(13(2)3)24-21-20(14(4)25-27(21)22(16)28)23-17-11-10-15(26(5)6)12-18(17)29-7/h10-13,25H,4,8-9H2,1-3,5-7H3. The molecule has 0 saturated heterocycles. The summed E-state index contributed by atoms with van der Waals surface area (Å²) in [6.07, 6.45) is 1.58. The summed E-state index contributed by atoms with van der Waals surface area (Å²) in [6.45, 7) is 10.2. The highest BCUT2D eigenvalue weighted by molar-refractivity contribution is 5.62. The van der Waals surface area contributed by atoms with Gasteiger partial charge in [-0.25, -0.2) is 9.98 Å². The second kappa shape index (κ2) is 8.11. The van der Waals surface area contributed by atoms with Crippen molar-refractivity contribution < 1.29 is 4.74 Å². The SMILES string of the molecule is C=c1[nH]n2c(=O)c(CCC)c(C(C)C)nc2c1=Nc1ccc(N(C)C)cc1OC. The number of rotatable bonds is 6. The van der Waals surface area contributed by atoms with Gasteiger partial charge in [0.1, 0.15) is 16.8 Å². The molecule has 0 atom stereocenters. The van der Waals surface area contributed by atoms with Crippen molar-refractivity contribution >= 4 is 23.6 Å². The van der Waals surface area contributed by atoms with Crippen LogP contribution in [0.2, 0.25) is 0 Å². The number of methoxy groups -OCH3 is 1. The van der Waals surface area contributed by atoms with Crippen LogP contribution in [0.5, 0.6) is 5.75 Å². The van der Waals surface area contributed by atoms with E-state index in [4.69, 9.17) is 14.7 Å². The zero-order valence-electron chi connectivity index (χ0n) is 18.0. The fraction of sp³-hybridized carbons (Fsp3) is 0.409. The van der Waals surface area contributed by atoms with Gasteiger partial charge in [-0.2, -0.15) is 4.52 Å². The lowest BCUT2D eigenvalue weighted by atomic mass is 10.0. The molecule has 29 heavy (non-hydrogen) atoms. The van der Waals surface area contributed by atoms with Gasteiger partial charge in [-0.1, -0.05) is 33.8 Å². The minimum atomic E-state index is -0.0816. The van der Waals surface area contributed by atoms with E-state index in [1.54, 1.807) is 7.11 Å². The molecule has 0 aliphatic heterocycles. The number of benzene rings is 1. The van der Waals surface area contributed by atoms with E-state index >= 15 is 0 Å². The summed E-state index contributed by atoms with van der Waals surface area (Å²) in [5.74, 6) is 0.781. The summed E-state index contributed by atoms with van der Waals surface area (Å²) in [7, 11) is 5.55. The third-order valence-electron chi connectivity index (χ3n) is 4.91. The number of ether oxygens (including phenoxy) is 1. The summed E-state index contributed by atoms with van der Waals surface area (Å²) in [5, 5.41) is 4.12. The molecule has 0 fully saturated rings. The highest BCUT2D eigenvalue weighted by Gasteiger charge is 2.17. The van der Waals surface area contributed by atoms with E-state index in [0.717, 1.165) is 23.4 Å². The first kappa shape index (κ1) is 20.6. The number of hydrogen-bond donors (Lipinski definition) is 1. The smallest absolute Gasteiger partial charge is 0.276 e. The Morgan fingerprint density at radius 1 is 1.34 bits per heavy atom. The largest absolute Gasteiger partial charge is 0.494 e. The van der Waals surface area contributed by atoms with Gasteiger partial charge >= 0.3 is 0 Å². The van der Waals surface area contributed by atoms with Gasteiger partial charge in [-0.05, 0) is 24.5 Å². The molecule has 154 valence electrons. The predicted octanol–water partition coefficient (Wildman–Crippen LogP) is 2.53. The normalized spacial score (nSPS) is 12.2. The highest BCUT2D eigenvalue weighted by atomic mass is 16.5. The molecule has 2 heterocycles. The molecule has 3 aromatic rings. The molecule has 0 saturated carbocycles. The number of fused-ring (bicyclic) bond motifs is 1. The van der Waals surface area contributed by atoms with Crippen molar-refractivity contribution in [1.29, 1.82) is 0 Å². The first-order valence-corrected chi connectivity index (χ1v) is 9.85. The van der Waals surface area contributed by atoms with Gasteiger partial charge in [0.25, 0.3) is 5.56 Å². The first-order valence-electron chi connectivity index (χ1n) is 9.85. The van der Waals surface area contributed by atoms with Crippen LogP contribution in [0.1, 0.15) is 44.4 Å². The quantitative estimate of drug-likeness (QED) is 0.696. The van der Waals surface area contributed by atoms with Gasteiger partial charge < -0.3 is 9.64 Å². The predicted molar refractivity (Wildman–Crippen MR) is 117 cm³/mol. The Morgan fingerprint density at radius 3 is 2.66 bits per heavy atom. The van der Waals surface area contributed by atoms with Crippen LogP contribution in [0.3, 0.4) is 0 Å². The number of aromatic amines is 1. The third kappa shape index (κ3) is 3.77. The van der Waals surface area contributed by atoms with E-state index < -0.39 is 0 Å². The molecule has 7 nitrogen and oxygen atoms in total. The highest BCUT2D eigenvalue weighted by Crippen LogP contribution is 2.31. The second-order valence-electron chi connectivity index (χ2n) is 7.65. The van der Waals surface area contributed by atoms with E-state index in [1.165, 1.54) is 4.52 Å². The Labute approximate surface area is 170 Å². The zero-order chi connectivity index (χ0) is 21.3. The third-order valence-corrected chi connectivity index (χ3v) is 4.91. The van der Waals surface area contributed by atoms with Gasteiger partial charge in [0.2, 0.25) is 0 Å². The lowest BCUT2D eigenvalue weighted by Crippen LogP contribution is -2.24. The molecule has 7 heteroatoms. The second-order valence-corrected chi connectivity index (χ2v) is 7.65. The first-order chi connectivity index (χ1) is 13.8. The molecule has 0 amide bonds. The average molecular weight is 396 g/mol. The van der Waals surface area contributed by atoms with Crippen molar-refractivity contribution in [2.24, 2.45) is 4.99 Å². The number of H-pyrrole nitrogens is 1. The molecule has 1 N–H and O–H groups in total. The van der Waals surface area contributed by atoms with Gasteiger partial charge in [-0.15, -0.1) is 0 Å². The fourth-order valence-corrected chi connectivity index (χ4v) is 3.40. The van der Waals surface area contributed by atoms with E-state index in [1.807, 2.05) is 37.2 Å². The Kier molecular flexibility index (Phi) is 5.77. The molecule has 0 aliphatic rings. The molecule has 2 aromatic heterocycles. The molecular weight excluding hydrogens is 366 g/mol. The minimum absolute atomic E-state index is 0.0816. The summed E-state index contributed by atoms with van der Waals surface area (Å²) < 4.78 is 6.99. The average Bonchev–Trinajstić information content (AvgIpc) is 2.99. The lowest BCUT2D eigenvalue weighted by molar-refractivity contribution is 0.416. The maximum absolute atomic E-state index is 13.1. The van der Waals surface area contributed by atoms with Crippen LogP contribution in [0, 0.1) is 0 Å².